The third-order valence-electron chi connectivity index (χ3n) is 5.63. The number of para-hydroxylation sites is 1. The average Bonchev–Trinajstić information content (AvgIpc) is 3.24. The molecule has 1 aromatic heterocycles. The first-order valence-electron chi connectivity index (χ1n) is 10.6. The molecule has 0 spiro atoms. The van der Waals surface area contributed by atoms with E-state index in [0.29, 0.717) is 22.9 Å². The Bertz CT molecular complexity index is 1260. The molecule has 0 aliphatic carbocycles. The fourth-order valence-electron chi connectivity index (χ4n) is 3.98. The molecule has 34 heavy (non-hydrogen) atoms. The molecule has 10 heteroatoms. The van der Waals surface area contributed by atoms with Gasteiger partial charge in [-0.3, -0.25) is 9.78 Å². The van der Waals surface area contributed by atoms with Gasteiger partial charge < -0.3 is 10.2 Å². The highest BCUT2D eigenvalue weighted by Crippen LogP contribution is 2.50. The van der Waals surface area contributed by atoms with Crippen LogP contribution in [0.15, 0.2) is 53.8 Å². The number of halogens is 5. The van der Waals surface area contributed by atoms with Crippen LogP contribution in [0.3, 0.4) is 0 Å². The monoisotopic (exact) mass is 509 g/mol. The number of nitrogens with zero attached hydrogens (tertiary/aromatic N) is 2. The summed E-state index contributed by atoms with van der Waals surface area (Å²) in [4.78, 5) is 21.4. The summed E-state index contributed by atoms with van der Waals surface area (Å²) in [5.74, 6) is -0.0839. The number of carbonyl (C=O) groups is 1. The van der Waals surface area contributed by atoms with E-state index in [1.165, 1.54) is 24.4 Å². The molecule has 3 aromatic rings. The quantitative estimate of drug-likeness (QED) is 0.410. The van der Waals surface area contributed by atoms with E-state index in [0.717, 1.165) is 12.0 Å². The Morgan fingerprint density at radius 2 is 1.91 bits per heavy atom. The van der Waals surface area contributed by atoms with Crippen LogP contribution in [0.4, 0.5) is 13.2 Å². The zero-order chi connectivity index (χ0) is 24.5. The third-order valence-corrected chi connectivity index (χ3v) is 6.07. The summed E-state index contributed by atoms with van der Waals surface area (Å²) in [6.45, 7) is 2.16. The molecule has 0 fully saturated rings. The molecule has 1 aliphatic heterocycles. The van der Waals surface area contributed by atoms with Gasteiger partial charge in [-0.1, -0.05) is 53.5 Å². The molecule has 0 bridgehead atoms. The van der Waals surface area contributed by atoms with E-state index in [-0.39, 0.29) is 33.8 Å². The number of amides is 1. The molecule has 1 amide bonds. The van der Waals surface area contributed by atoms with E-state index >= 15 is 0 Å². The second kappa shape index (κ2) is 9.43. The van der Waals surface area contributed by atoms with Crippen LogP contribution in [0, 0.1) is 0 Å². The Labute approximate surface area is 203 Å². The molecule has 4 rings (SSSR count). The minimum atomic E-state index is -4.79. The van der Waals surface area contributed by atoms with Crippen LogP contribution in [0.2, 0.25) is 10.0 Å². The van der Waals surface area contributed by atoms with Crippen LogP contribution in [-0.2, 0) is 21.8 Å². The van der Waals surface area contributed by atoms with E-state index in [9.17, 15) is 18.0 Å². The number of benzene rings is 2. The first-order valence-corrected chi connectivity index (χ1v) is 11.3. The van der Waals surface area contributed by atoms with Crippen molar-refractivity contribution in [1.82, 2.24) is 10.3 Å². The van der Waals surface area contributed by atoms with Gasteiger partial charge in [-0.15, -0.1) is 0 Å². The Hall–Kier alpha value is -2.84. The summed E-state index contributed by atoms with van der Waals surface area (Å²) >= 11 is 12.0. The number of nitrogens with one attached hydrogen (secondary N) is 1. The molecule has 2 aromatic carbocycles. The highest BCUT2D eigenvalue weighted by Gasteiger charge is 2.62. The third kappa shape index (κ3) is 4.57. The van der Waals surface area contributed by atoms with E-state index < -0.39 is 18.2 Å². The summed E-state index contributed by atoms with van der Waals surface area (Å²) in [7, 11) is 0. The second-order valence-corrected chi connectivity index (χ2v) is 8.86. The summed E-state index contributed by atoms with van der Waals surface area (Å²) in [5, 5.41) is 7.42. The lowest BCUT2D eigenvalue weighted by molar-refractivity contribution is -0.275. The van der Waals surface area contributed by atoms with E-state index in [2.05, 4.69) is 15.5 Å². The summed E-state index contributed by atoms with van der Waals surface area (Å²) in [6.07, 6.45) is -2.72. The molecule has 0 saturated heterocycles. The van der Waals surface area contributed by atoms with Gasteiger partial charge in [0.1, 0.15) is 0 Å². The van der Waals surface area contributed by atoms with Crippen molar-refractivity contribution in [3.05, 3.63) is 75.4 Å². The molecule has 2 heterocycles. The van der Waals surface area contributed by atoms with Crippen LogP contribution in [0.1, 0.15) is 42.9 Å². The molecule has 1 aliphatic rings. The van der Waals surface area contributed by atoms with Crippen molar-refractivity contribution in [3.63, 3.8) is 0 Å². The van der Waals surface area contributed by atoms with Crippen molar-refractivity contribution in [3.8, 4) is 0 Å². The molecule has 178 valence electrons. The molecule has 0 radical (unpaired) electrons. The lowest BCUT2D eigenvalue weighted by Gasteiger charge is -2.29. The van der Waals surface area contributed by atoms with Crippen molar-refractivity contribution in [2.24, 2.45) is 5.16 Å². The molecule has 1 unspecified atom stereocenters. The van der Waals surface area contributed by atoms with Crippen molar-refractivity contribution >= 4 is 45.7 Å². The van der Waals surface area contributed by atoms with Gasteiger partial charge in [0.05, 0.1) is 11.2 Å². The Morgan fingerprint density at radius 3 is 2.59 bits per heavy atom. The first kappa shape index (κ1) is 24.3. The van der Waals surface area contributed by atoms with Crippen molar-refractivity contribution in [2.45, 2.75) is 44.5 Å². The zero-order valence-corrected chi connectivity index (χ0v) is 19.6. The summed E-state index contributed by atoms with van der Waals surface area (Å²) in [5.41, 5.74) is -1.06. The maximum Gasteiger partial charge on any atom is 0.435 e. The van der Waals surface area contributed by atoms with Crippen LogP contribution in [-0.4, -0.2) is 22.8 Å². The van der Waals surface area contributed by atoms with Gasteiger partial charge >= 0.3 is 6.18 Å². The number of hydrogen-bond acceptors (Lipinski definition) is 4. The van der Waals surface area contributed by atoms with Gasteiger partial charge in [-0.25, -0.2) is 0 Å². The maximum atomic E-state index is 14.3. The van der Waals surface area contributed by atoms with Crippen LogP contribution in [0.25, 0.3) is 10.9 Å². The number of fused-ring (bicyclic) bond motifs is 1. The predicted octanol–water partition coefficient (Wildman–Crippen LogP) is 6.54. The summed E-state index contributed by atoms with van der Waals surface area (Å²) < 4.78 is 43.0. The highest BCUT2D eigenvalue weighted by atomic mass is 35.5. The van der Waals surface area contributed by atoms with Gasteiger partial charge in [-0.2, -0.15) is 13.2 Å². The van der Waals surface area contributed by atoms with E-state index in [1.807, 2.05) is 13.0 Å². The Balaban J connectivity index is 1.71. The zero-order valence-electron chi connectivity index (χ0n) is 18.0. The maximum absolute atomic E-state index is 14.3. The molecule has 1 atom stereocenters. The number of hydrogen-bond donors (Lipinski definition) is 1. The smallest absolute Gasteiger partial charge is 0.374 e. The topological polar surface area (TPSA) is 63.6 Å². The lowest BCUT2D eigenvalue weighted by atomic mass is 9.86. The molecular formula is C24H20Cl2F3N3O2. The van der Waals surface area contributed by atoms with Crippen LogP contribution in [0.5, 0.6) is 0 Å². The number of oxime groups is 1. The van der Waals surface area contributed by atoms with Crippen molar-refractivity contribution < 1.29 is 22.8 Å². The van der Waals surface area contributed by atoms with Gasteiger partial charge in [0.15, 0.2) is 0 Å². The van der Waals surface area contributed by atoms with Crippen molar-refractivity contribution in [2.75, 3.05) is 0 Å². The highest BCUT2D eigenvalue weighted by molar-refractivity contribution is 6.34. The number of pyridine rings is 1. The second-order valence-electron chi connectivity index (χ2n) is 7.99. The van der Waals surface area contributed by atoms with Gasteiger partial charge in [0.2, 0.25) is 5.91 Å². The molecule has 5 nitrogen and oxygen atoms in total. The minimum Gasteiger partial charge on any atom is -0.374 e. The SMILES string of the molecule is CCCC(=O)NCc1cccc2c(C3=NOC(c4cc(Cl)cc(Cl)c4)(C(F)(F)F)C3)ccnc12. The number of aromatic nitrogens is 1. The predicted molar refractivity (Wildman–Crippen MR) is 125 cm³/mol. The standard InChI is InChI=1S/C24H20Cl2F3N3O2/c1-2-4-21(33)31-13-14-5-3-6-19-18(7-8-30-22(14)19)20-12-23(34-32-20,24(27,28)29)15-9-16(25)11-17(26)10-15/h3,5-11H,2,4,12-13H2,1H3,(H,31,33). The lowest BCUT2D eigenvalue weighted by Crippen LogP contribution is -2.42. The largest absolute Gasteiger partial charge is 0.435 e. The number of rotatable bonds is 6. The van der Waals surface area contributed by atoms with Crippen molar-refractivity contribution in [1.29, 1.82) is 0 Å². The fraction of sp³-hybridized carbons (Fsp3) is 0.292. The molecule has 0 saturated carbocycles. The minimum absolute atomic E-state index is 0.0623. The number of alkyl halides is 3. The number of carbonyl (C=O) groups excluding carboxylic acids is 1. The van der Waals surface area contributed by atoms with Gasteiger partial charge in [0, 0.05) is 52.1 Å². The molecular weight excluding hydrogens is 490 g/mol. The first-order chi connectivity index (χ1) is 16.1. The Kier molecular flexibility index (Phi) is 6.73. The normalized spacial score (nSPS) is 18.0. The average molecular weight is 510 g/mol. The van der Waals surface area contributed by atoms with E-state index in [1.54, 1.807) is 18.2 Å². The molecule has 1 N–H and O–H groups in total. The van der Waals surface area contributed by atoms with Gasteiger partial charge in [-0.05, 0) is 36.2 Å². The fourth-order valence-corrected chi connectivity index (χ4v) is 4.50. The summed E-state index contributed by atoms with van der Waals surface area (Å²) in [6, 6.07) is 10.6. The van der Waals surface area contributed by atoms with E-state index in [4.69, 9.17) is 28.0 Å². The van der Waals surface area contributed by atoms with Crippen LogP contribution >= 0.6 is 23.2 Å². The Morgan fingerprint density at radius 1 is 1.18 bits per heavy atom. The van der Waals surface area contributed by atoms with Crippen LogP contribution < -0.4 is 5.32 Å². The van der Waals surface area contributed by atoms with Gasteiger partial charge in [0.25, 0.3) is 5.60 Å².